The van der Waals surface area contributed by atoms with E-state index in [9.17, 15) is 14.7 Å². The number of likely N-dealkylation sites (tertiary alicyclic amines) is 1. The summed E-state index contributed by atoms with van der Waals surface area (Å²) in [5, 5.41) is 9.40. The van der Waals surface area contributed by atoms with Crippen LogP contribution in [0.4, 0.5) is 0 Å². The van der Waals surface area contributed by atoms with Gasteiger partial charge in [-0.05, 0) is 32.6 Å². The van der Waals surface area contributed by atoms with Gasteiger partial charge in [-0.3, -0.25) is 9.59 Å². The van der Waals surface area contributed by atoms with Gasteiger partial charge in [0.2, 0.25) is 5.91 Å². The topological polar surface area (TPSA) is 66.8 Å². The van der Waals surface area contributed by atoms with E-state index in [1.54, 1.807) is 18.9 Å². The first-order valence-corrected chi connectivity index (χ1v) is 7.21. The van der Waals surface area contributed by atoms with Gasteiger partial charge in [0, 0.05) is 26.6 Å². The summed E-state index contributed by atoms with van der Waals surface area (Å²) in [5.41, 5.74) is -1.33. The first-order chi connectivity index (χ1) is 9.14. The average Bonchev–Trinajstić information content (AvgIpc) is 2.38. The maximum Gasteiger partial charge on any atom is 0.310 e. The molecule has 1 rings (SSSR count). The third-order valence-corrected chi connectivity index (χ3v) is 4.79. The number of carbonyl (C=O) groups excluding carboxylic acids is 1. The number of carboxylic acid groups (broad SMARTS) is 1. The van der Waals surface area contributed by atoms with Crippen molar-refractivity contribution in [2.75, 3.05) is 20.2 Å². The van der Waals surface area contributed by atoms with Crippen LogP contribution in [0.15, 0.2) is 0 Å². The Labute approximate surface area is 121 Å². The summed E-state index contributed by atoms with van der Waals surface area (Å²) >= 11 is 0. The summed E-state index contributed by atoms with van der Waals surface area (Å²) in [6.07, 6.45) is 1.86. The molecule has 20 heavy (non-hydrogen) atoms. The van der Waals surface area contributed by atoms with Crippen LogP contribution in [0.1, 0.15) is 47.0 Å². The molecule has 0 aliphatic carbocycles. The van der Waals surface area contributed by atoms with Gasteiger partial charge in [0.15, 0.2) is 0 Å². The molecule has 1 aliphatic rings. The van der Waals surface area contributed by atoms with Crippen molar-refractivity contribution in [3.63, 3.8) is 0 Å². The van der Waals surface area contributed by atoms with Gasteiger partial charge in [-0.2, -0.15) is 0 Å². The van der Waals surface area contributed by atoms with E-state index in [0.29, 0.717) is 13.1 Å². The van der Waals surface area contributed by atoms with Crippen LogP contribution in [0.3, 0.4) is 0 Å². The van der Waals surface area contributed by atoms with Gasteiger partial charge in [-0.25, -0.2) is 0 Å². The van der Waals surface area contributed by atoms with Crippen molar-refractivity contribution in [2.24, 2.45) is 11.3 Å². The Balaban J connectivity index is 2.78. The molecule has 2 atom stereocenters. The van der Waals surface area contributed by atoms with Crippen molar-refractivity contribution >= 4 is 11.9 Å². The van der Waals surface area contributed by atoms with Gasteiger partial charge in [0.1, 0.15) is 0 Å². The summed E-state index contributed by atoms with van der Waals surface area (Å²) < 4.78 is 5.47. The predicted octanol–water partition coefficient (Wildman–Crippen LogP) is 2.15. The van der Waals surface area contributed by atoms with E-state index in [-0.39, 0.29) is 23.8 Å². The van der Waals surface area contributed by atoms with E-state index in [1.807, 2.05) is 20.8 Å². The van der Waals surface area contributed by atoms with Crippen molar-refractivity contribution in [1.82, 2.24) is 4.90 Å². The van der Waals surface area contributed by atoms with Crippen molar-refractivity contribution < 1.29 is 19.4 Å². The molecule has 0 saturated carbocycles. The lowest BCUT2D eigenvalue weighted by Gasteiger charge is -2.40. The number of methoxy groups -OCH3 is 1. The lowest BCUT2D eigenvalue weighted by molar-refractivity contribution is -0.157. The van der Waals surface area contributed by atoms with E-state index in [2.05, 4.69) is 0 Å². The molecule has 0 aromatic rings. The van der Waals surface area contributed by atoms with Gasteiger partial charge >= 0.3 is 5.97 Å². The molecule has 1 N–H and O–H groups in total. The van der Waals surface area contributed by atoms with Crippen LogP contribution < -0.4 is 0 Å². The highest BCUT2D eigenvalue weighted by Gasteiger charge is 2.41. The number of amides is 1. The summed E-state index contributed by atoms with van der Waals surface area (Å²) in [7, 11) is 1.66. The van der Waals surface area contributed by atoms with Crippen LogP contribution in [0, 0.1) is 11.3 Å². The monoisotopic (exact) mass is 285 g/mol. The number of nitrogens with zero attached hydrogens (tertiary/aromatic N) is 1. The van der Waals surface area contributed by atoms with Crippen LogP contribution >= 0.6 is 0 Å². The van der Waals surface area contributed by atoms with Crippen molar-refractivity contribution in [3.8, 4) is 0 Å². The summed E-state index contributed by atoms with van der Waals surface area (Å²) in [6.45, 7) is 8.55. The molecule has 1 fully saturated rings. The van der Waals surface area contributed by atoms with Crippen molar-refractivity contribution in [3.05, 3.63) is 0 Å². The lowest BCUT2D eigenvalue weighted by atomic mass is 9.76. The first kappa shape index (κ1) is 17.0. The van der Waals surface area contributed by atoms with E-state index >= 15 is 0 Å². The second-order valence-electron chi connectivity index (χ2n) is 6.63. The third-order valence-electron chi connectivity index (χ3n) is 4.79. The molecule has 116 valence electrons. The molecule has 0 bridgehead atoms. The average molecular weight is 285 g/mol. The molecule has 1 heterocycles. The second-order valence-corrected chi connectivity index (χ2v) is 6.63. The molecule has 5 heteroatoms. The minimum atomic E-state index is -1.02. The molecular weight excluding hydrogens is 258 g/mol. The number of carboxylic acids is 1. The molecule has 0 radical (unpaired) electrons. The van der Waals surface area contributed by atoms with E-state index in [4.69, 9.17) is 4.74 Å². The van der Waals surface area contributed by atoms with E-state index in [1.165, 1.54) is 0 Å². The van der Waals surface area contributed by atoms with Crippen LogP contribution in [-0.4, -0.2) is 47.7 Å². The fraction of sp³-hybridized carbons (Fsp3) is 0.867. The van der Waals surface area contributed by atoms with Crippen LogP contribution in [0.25, 0.3) is 0 Å². The Kier molecular flexibility index (Phi) is 5.19. The molecule has 0 spiro atoms. The lowest BCUT2D eigenvalue weighted by Crippen LogP contribution is -2.51. The van der Waals surface area contributed by atoms with Gasteiger partial charge in [0.25, 0.3) is 0 Å². The molecule has 1 aliphatic heterocycles. The number of piperidine rings is 1. The zero-order chi connectivity index (χ0) is 15.6. The smallest absolute Gasteiger partial charge is 0.310 e. The highest BCUT2D eigenvalue weighted by molar-refractivity contribution is 5.85. The molecular formula is C15H27NO4. The molecule has 1 amide bonds. The fourth-order valence-corrected chi connectivity index (χ4v) is 2.54. The van der Waals surface area contributed by atoms with Crippen LogP contribution in [0.5, 0.6) is 0 Å². The molecule has 2 unspecified atom stereocenters. The largest absolute Gasteiger partial charge is 0.481 e. The zero-order valence-electron chi connectivity index (χ0n) is 13.2. The van der Waals surface area contributed by atoms with Gasteiger partial charge in [-0.15, -0.1) is 0 Å². The zero-order valence-corrected chi connectivity index (χ0v) is 13.2. The van der Waals surface area contributed by atoms with Crippen molar-refractivity contribution in [1.29, 1.82) is 0 Å². The Bertz CT molecular complexity index is 382. The summed E-state index contributed by atoms with van der Waals surface area (Å²) in [5.74, 6) is -1.10. The highest BCUT2D eigenvalue weighted by atomic mass is 16.5. The van der Waals surface area contributed by atoms with Crippen molar-refractivity contribution in [2.45, 2.75) is 52.6 Å². The van der Waals surface area contributed by atoms with Gasteiger partial charge < -0.3 is 14.7 Å². The van der Waals surface area contributed by atoms with Gasteiger partial charge in [0.05, 0.1) is 11.0 Å². The number of carbonyl (C=O) groups is 2. The number of hydrogen-bond donors (Lipinski definition) is 1. The SMILES string of the molecule is COC1(C)CCCN(C(=O)CC(C)(C(=O)O)C(C)C)C1. The first-order valence-electron chi connectivity index (χ1n) is 7.21. The quantitative estimate of drug-likeness (QED) is 0.840. The second kappa shape index (κ2) is 6.12. The number of aliphatic carboxylic acids is 1. The van der Waals surface area contributed by atoms with Gasteiger partial charge in [-0.1, -0.05) is 13.8 Å². The summed E-state index contributed by atoms with van der Waals surface area (Å²) in [6, 6.07) is 0. The normalized spacial score (nSPS) is 26.4. The Hall–Kier alpha value is -1.10. The molecule has 0 aromatic heterocycles. The maximum atomic E-state index is 12.4. The minimum absolute atomic E-state index is 0.0415. The highest BCUT2D eigenvalue weighted by Crippen LogP contribution is 2.33. The van der Waals surface area contributed by atoms with Crippen LogP contribution in [-0.2, 0) is 14.3 Å². The number of ether oxygens (including phenoxy) is 1. The van der Waals surface area contributed by atoms with Crippen LogP contribution in [0.2, 0.25) is 0 Å². The standard InChI is InChI=1S/C15H27NO4/c1-11(2)15(4,13(18)19)9-12(17)16-8-6-7-14(3,10-16)20-5/h11H,6-10H2,1-5H3,(H,18,19). The molecule has 0 aromatic carbocycles. The Morgan fingerprint density at radius 1 is 1.45 bits per heavy atom. The predicted molar refractivity (Wildman–Crippen MR) is 76.4 cm³/mol. The third kappa shape index (κ3) is 3.51. The molecule has 1 saturated heterocycles. The number of hydrogen-bond acceptors (Lipinski definition) is 3. The minimum Gasteiger partial charge on any atom is -0.481 e. The van der Waals surface area contributed by atoms with E-state index < -0.39 is 11.4 Å². The summed E-state index contributed by atoms with van der Waals surface area (Å²) in [4.78, 5) is 25.6. The fourth-order valence-electron chi connectivity index (χ4n) is 2.54. The maximum absolute atomic E-state index is 12.4. The Morgan fingerprint density at radius 2 is 2.05 bits per heavy atom. The Morgan fingerprint density at radius 3 is 2.50 bits per heavy atom. The number of rotatable bonds is 5. The van der Waals surface area contributed by atoms with E-state index in [0.717, 1.165) is 12.8 Å². The molecule has 5 nitrogen and oxygen atoms in total.